The summed E-state index contributed by atoms with van der Waals surface area (Å²) in [5, 5.41) is 3.32. The Labute approximate surface area is 141 Å². The second-order valence-electron chi connectivity index (χ2n) is 5.37. The van der Waals surface area contributed by atoms with Crippen molar-refractivity contribution in [2.75, 3.05) is 13.6 Å². The maximum atomic E-state index is 12.1. The average molecular weight is 331 g/mol. The highest BCUT2D eigenvalue weighted by Gasteiger charge is 2.13. The molecule has 4 nitrogen and oxygen atoms in total. The van der Waals surface area contributed by atoms with Crippen LogP contribution in [0.4, 0.5) is 0 Å². The first kappa shape index (κ1) is 17.0. The number of nitrogens with one attached hydrogen (secondary N) is 1. The monoisotopic (exact) mass is 330 g/mol. The van der Waals surface area contributed by atoms with Crippen LogP contribution in [0, 0.1) is 6.92 Å². The van der Waals surface area contributed by atoms with Gasteiger partial charge in [-0.2, -0.15) is 0 Å². The molecule has 2 rings (SSSR count). The topological polar surface area (TPSA) is 49.4 Å². The van der Waals surface area contributed by atoms with E-state index >= 15 is 0 Å². The van der Waals surface area contributed by atoms with Crippen LogP contribution >= 0.6 is 11.6 Å². The second kappa shape index (κ2) is 7.79. The molecule has 0 aromatic heterocycles. The zero-order valence-corrected chi connectivity index (χ0v) is 13.9. The molecule has 0 atom stereocenters. The molecule has 0 saturated carbocycles. The summed E-state index contributed by atoms with van der Waals surface area (Å²) >= 11 is 5.84. The van der Waals surface area contributed by atoms with Crippen molar-refractivity contribution >= 4 is 23.4 Å². The van der Waals surface area contributed by atoms with E-state index in [1.165, 1.54) is 0 Å². The highest BCUT2D eigenvalue weighted by atomic mass is 35.5. The summed E-state index contributed by atoms with van der Waals surface area (Å²) in [6, 6.07) is 14.6. The third-order valence-electron chi connectivity index (χ3n) is 3.55. The first-order valence-corrected chi connectivity index (χ1v) is 7.67. The third-order valence-corrected chi connectivity index (χ3v) is 3.80. The molecule has 0 aliphatic heterocycles. The van der Waals surface area contributed by atoms with Gasteiger partial charge in [0.05, 0.1) is 6.54 Å². The third kappa shape index (κ3) is 4.83. The van der Waals surface area contributed by atoms with Crippen molar-refractivity contribution in [3.05, 3.63) is 70.2 Å². The normalized spacial score (nSPS) is 10.2. The van der Waals surface area contributed by atoms with E-state index in [4.69, 9.17) is 11.6 Å². The molecule has 2 aromatic carbocycles. The molecular weight excluding hydrogens is 312 g/mol. The molecule has 23 heavy (non-hydrogen) atoms. The van der Waals surface area contributed by atoms with E-state index in [9.17, 15) is 9.59 Å². The first-order valence-electron chi connectivity index (χ1n) is 7.29. The summed E-state index contributed by atoms with van der Waals surface area (Å²) in [7, 11) is 1.71. The van der Waals surface area contributed by atoms with Crippen molar-refractivity contribution < 1.29 is 9.59 Å². The van der Waals surface area contributed by atoms with E-state index in [1.807, 2.05) is 31.2 Å². The standard InChI is InChI=1S/C18H19ClN2O2/c1-13-5-3-4-6-16(13)18(23)20-11-17(22)21(2)12-14-7-9-15(19)10-8-14/h3-10H,11-12H2,1-2H3,(H,20,23). The lowest BCUT2D eigenvalue weighted by atomic mass is 10.1. The Balaban J connectivity index is 1.87. The van der Waals surface area contributed by atoms with Gasteiger partial charge in [0, 0.05) is 24.2 Å². The molecule has 2 amide bonds. The van der Waals surface area contributed by atoms with Crippen LogP contribution in [-0.4, -0.2) is 30.3 Å². The quantitative estimate of drug-likeness (QED) is 0.916. The van der Waals surface area contributed by atoms with Crippen molar-refractivity contribution in [2.45, 2.75) is 13.5 Å². The maximum absolute atomic E-state index is 12.1. The number of rotatable bonds is 5. The van der Waals surface area contributed by atoms with Crippen LogP contribution in [0.3, 0.4) is 0 Å². The Morgan fingerprint density at radius 1 is 1.09 bits per heavy atom. The number of amides is 2. The van der Waals surface area contributed by atoms with Crippen LogP contribution in [-0.2, 0) is 11.3 Å². The summed E-state index contributed by atoms with van der Waals surface area (Å²) in [4.78, 5) is 25.8. The number of carbonyl (C=O) groups excluding carboxylic acids is 2. The Bertz CT molecular complexity index is 698. The molecule has 0 heterocycles. The molecule has 0 spiro atoms. The van der Waals surface area contributed by atoms with E-state index in [2.05, 4.69) is 5.32 Å². The van der Waals surface area contributed by atoms with Crippen molar-refractivity contribution in [2.24, 2.45) is 0 Å². The van der Waals surface area contributed by atoms with Crippen molar-refractivity contribution in [1.82, 2.24) is 10.2 Å². The van der Waals surface area contributed by atoms with E-state index in [-0.39, 0.29) is 18.4 Å². The Morgan fingerprint density at radius 2 is 1.74 bits per heavy atom. The predicted octanol–water partition coefficient (Wildman–Crippen LogP) is 3.04. The molecule has 120 valence electrons. The van der Waals surface area contributed by atoms with Gasteiger partial charge in [-0.05, 0) is 36.2 Å². The largest absolute Gasteiger partial charge is 0.343 e. The van der Waals surface area contributed by atoms with Crippen LogP contribution < -0.4 is 5.32 Å². The Kier molecular flexibility index (Phi) is 5.77. The molecule has 0 fully saturated rings. The fraction of sp³-hybridized carbons (Fsp3) is 0.222. The lowest BCUT2D eigenvalue weighted by Gasteiger charge is -2.18. The van der Waals surface area contributed by atoms with Crippen LogP contribution in [0.15, 0.2) is 48.5 Å². The Morgan fingerprint density at radius 3 is 2.39 bits per heavy atom. The highest BCUT2D eigenvalue weighted by Crippen LogP contribution is 2.11. The summed E-state index contributed by atoms with van der Waals surface area (Å²) in [6.45, 7) is 2.30. The van der Waals surface area contributed by atoms with E-state index in [1.54, 1.807) is 36.2 Å². The minimum atomic E-state index is -0.239. The molecule has 0 aliphatic rings. The van der Waals surface area contributed by atoms with E-state index in [0.29, 0.717) is 17.1 Å². The second-order valence-corrected chi connectivity index (χ2v) is 5.81. The number of halogens is 1. The fourth-order valence-electron chi connectivity index (χ4n) is 2.17. The number of likely N-dealkylation sites (N-methyl/N-ethyl adjacent to an activating group) is 1. The highest BCUT2D eigenvalue weighted by molar-refractivity contribution is 6.30. The van der Waals surface area contributed by atoms with Gasteiger partial charge in [0.15, 0.2) is 0 Å². The molecule has 0 bridgehead atoms. The minimum absolute atomic E-state index is 0.0305. The van der Waals surface area contributed by atoms with Gasteiger partial charge in [-0.25, -0.2) is 0 Å². The van der Waals surface area contributed by atoms with Gasteiger partial charge >= 0.3 is 0 Å². The number of nitrogens with zero attached hydrogens (tertiary/aromatic N) is 1. The van der Waals surface area contributed by atoms with Gasteiger partial charge in [-0.1, -0.05) is 41.9 Å². The van der Waals surface area contributed by atoms with Crippen molar-refractivity contribution in [1.29, 1.82) is 0 Å². The predicted molar refractivity (Wildman–Crippen MR) is 91.4 cm³/mol. The Hall–Kier alpha value is -2.33. The number of hydrogen-bond acceptors (Lipinski definition) is 2. The van der Waals surface area contributed by atoms with Gasteiger partial charge in [0.25, 0.3) is 5.91 Å². The number of aryl methyl sites for hydroxylation is 1. The molecule has 0 radical (unpaired) electrons. The van der Waals surface area contributed by atoms with Crippen molar-refractivity contribution in [3.63, 3.8) is 0 Å². The summed E-state index contributed by atoms with van der Waals surface area (Å²) in [5.41, 5.74) is 2.45. The zero-order valence-electron chi connectivity index (χ0n) is 13.2. The lowest BCUT2D eigenvalue weighted by Crippen LogP contribution is -2.38. The molecule has 2 aromatic rings. The molecule has 1 N–H and O–H groups in total. The average Bonchev–Trinajstić information content (AvgIpc) is 2.54. The molecule has 0 unspecified atom stereocenters. The van der Waals surface area contributed by atoms with Gasteiger partial charge in [0.1, 0.15) is 0 Å². The van der Waals surface area contributed by atoms with Crippen LogP contribution in [0.25, 0.3) is 0 Å². The molecule has 0 aliphatic carbocycles. The molecule has 5 heteroatoms. The number of hydrogen-bond donors (Lipinski definition) is 1. The smallest absolute Gasteiger partial charge is 0.251 e. The van der Waals surface area contributed by atoms with Gasteiger partial charge < -0.3 is 10.2 Å². The zero-order chi connectivity index (χ0) is 16.8. The molecule has 0 saturated heterocycles. The summed E-state index contributed by atoms with van der Waals surface area (Å²) in [5.74, 6) is -0.391. The maximum Gasteiger partial charge on any atom is 0.251 e. The first-order chi connectivity index (χ1) is 11.0. The lowest BCUT2D eigenvalue weighted by molar-refractivity contribution is -0.129. The fourth-order valence-corrected chi connectivity index (χ4v) is 2.29. The van der Waals surface area contributed by atoms with E-state index < -0.39 is 0 Å². The van der Waals surface area contributed by atoms with E-state index in [0.717, 1.165) is 11.1 Å². The van der Waals surface area contributed by atoms with Crippen molar-refractivity contribution in [3.8, 4) is 0 Å². The van der Waals surface area contributed by atoms with Gasteiger partial charge in [-0.3, -0.25) is 9.59 Å². The van der Waals surface area contributed by atoms with Gasteiger partial charge in [0.2, 0.25) is 5.91 Å². The van der Waals surface area contributed by atoms with Crippen LogP contribution in [0.1, 0.15) is 21.5 Å². The van der Waals surface area contributed by atoms with Gasteiger partial charge in [-0.15, -0.1) is 0 Å². The number of benzene rings is 2. The summed E-state index contributed by atoms with van der Waals surface area (Å²) in [6.07, 6.45) is 0. The van der Waals surface area contributed by atoms with Crippen LogP contribution in [0.5, 0.6) is 0 Å². The SMILES string of the molecule is Cc1ccccc1C(=O)NCC(=O)N(C)Cc1ccc(Cl)cc1. The van der Waals surface area contributed by atoms with Crippen LogP contribution in [0.2, 0.25) is 5.02 Å². The summed E-state index contributed by atoms with van der Waals surface area (Å²) < 4.78 is 0. The number of carbonyl (C=O) groups is 2. The molecular formula is C18H19ClN2O2. The minimum Gasteiger partial charge on any atom is -0.343 e.